The second-order valence-corrected chi connectivity index (χ2v) is 22.1. The maximum Gasteiger partial charge on any atom is 0.235 e. The number of halogens is 1. The number of para-hydroxylation sites is 4. The van der Waals surface area contributed by atoms with Crippen LogP contribution >= 0.6 is 11.6 Å². The van der Waals surface area contributed by atoms with Crippen molar-refractivity contribution in [3.8, 4) is 51.5 Å². The number of fused-ring (bicyclic) bond motifs is 22. The van der Waals surface area contributed by atoms with E-state index in [0.29, 0.717) is 5.95 Å². The first-order valence-electron chi connectivity index (χ1n) is 28.4. The van der Waals surface area contributed by atoms with E-state index in [-0.39, 0.29) is 5.28 Å². The summed E-state index contributed by atoms with van der Waals surface area (Å²) < 4.78 is 14.3. The molecule has 0 aliphatic carbocycles. The number of aromatic amines is 1. The Morgan fingerprint density at radius 1 is 0.294 bits per heavy atom. The summed E-state index contributed by atoms with van der Waals surface area (Å²) in [5.41, 5.74) is 9.91. The van der Waals surface area contributed by atoms with E-state index < -0.39 is 0 Å². The molecule has 396 valence electrons. The van der Waals surface area contributed by atoms with Crippen LogP contribution in [-0.4, -0.2) is 29.5 Å². The Morgan fingerprint density at radius 2 is 0.776 bits per heavy atom. The van der Waals surface area contributed by atoms with Crippen molar-refractivity contribution in [1.29, 1.82) is 0 Å². The van der Waals surface area contributed by atoms with Gasteiger partial charge in [-0.05, 0) is 149 Å². The van der Waals surface area contributed by atoms with Gasteiger partial charge in [-0.3, -0.25) is 4.57 Å². The van der Waals surface area contributed by atoms with Gasteiger partial charge in [-0.25, -0.2) is 19.9 Å². The van der Waals surface area contributed by atoms with Crippen LogP contribution in [0.2, 0.25) is 5.28 Å². The van der Waals surface area contributed by atoms with Crippen LogP contribution in [0.15, 0.2) is 255 Å². The average molecular weight is 1110 g/mol. The summed E-state index contributed by atoms with van der Waals surface area (Å²) in [4.78, 5) is 22.5. The highest BCUT2D eigenvalue weighted by molar-refractivity contribution is 6.31. The van der Waals surface area contributed by atoms with Crippen LogP contribution < -0.4 is 9.47 Å². The Kier molecular flexibility index (Phi) is 10.3. The standard InChI is InChI=1S/C38H21N3O.C24H15N.C14H7ClN2O/c1-2-9-24-22(8-1)16-17-23-18-19-26-25(34(23)24)20-21-31-35(26)27-10-3-5-13-30(27)41(31)38-39-29-12-7-15-33-36(29)37(40-38)28-11-4-6-14-32(28)42-33;1-2-6-17-15(5-1)9-10-16-11-12-19-18(23(16)17)13-14-22-24(19)20-7-3-4-8-21(20)25-22;15-14-16-9-5-3-7-11-12(9)13(17-14)8-4-1-2-6-10(8)18-11/h1-21H;1-14,25H;1-7H. The SMILES string of the molecule is Clc1nc2c3c(cccc3n1)Oc1ccccc1-2.c1ccc2c(c1)Oc1cccc3nc(-n4c5ccccc5c5c6ccc7ccc8ccccc8c7c6ccc54)nc-2c13.c1ccc2c(c1)ccc1ccc3c(ccc4[nH]c5ccccc5c43)c12. The summed E-state index contributed by atoms with van der Waals surface area (Å²) in [6, 6.07) is 89.1. The third-order valence-corrected chi connectivity index (χ3v) is 17.3. The first kappa shape index (κ1) is 47.4. The zero-order chi connectivity index (χ0) is 55.9. The highest BCUT2D eigenvalue weighted by atomic mass is 35.5. The van der Waals surface area contributed by atoms with Gasteiger partial charge in [-0.15, -0.1) is 0 Å². The second kappa shape index (κ2) is 18.4. The molecule has 1 N–H and O–H groups in total. The number of ether oxygens (including phenoxy) is 2. The van der Waals surface area contributed by atoms with Crippen LogP contribution in [0.5, 0.6) is 23.0 Å². The van der Waals surface area contributed by atoms with E-state index in [1.807, 2.05) is 78.9 Å². The van der Waals surface area contributed by atoms with Crippen molar-refractivity contribution in [3.05, 3.63) is 260 Å². The number of rotatable bonds is 1. The topological polar surface area (TPSA) is 90.7 Å². The van der Waals surface area contributed by atoms with Crippen molar-refractivity contribution >= 4 is 142 Å². The Hall–Kier alpha value is -11.2. The van der Waals surface area contributed by atoms with E-state index in [2.05, 4.69) is 195 Å². The lowest BCUT2D eigenvalue weighted by Gasteiger charge is -2.21. The summed E-state index contributed by atoms with van der Waals surface area (Å²) in [6.45, 7) is 0. The van der Waals surface area contributed by atoms with Crippen molar-refractivity contribution in [3.63, 3.8) is 0 Å². The monoisotopic (exact) mass is 1110 g/mol. The predicted octanol–water partition coefficient (Wildman–Crippen LogP) is 20.8. The van der Waals surface area contributed by atoms with Gasteiger partial charge >= 0.3 is 0 Å². The fraction of sp³-hybridized carbons (Fsp3) is 0. The van der Waals surface area contributed by atoms with E-state index in [4.69, 9.17) is 31.0 Å². The average Bonchev–Trinajstić information content (AvgIpc) is 2.25. The van der Waals surface area contributed by atoms with Gasteiger partial charge in [0.25, 0.3) is 0 Å². The molecule has 6 heterocycles. The van der Waals surface area contributed by atoms with Gasteiger partial charge in [0.05, 0.1) is 44.2 Å². The summed E-state index contributed by atoms with van der Waals surface area (Å²) in [7, 11) is 0. The molecule has 0 spiro atoms. The third kappa shape index (κ3) is 7.22. The highest BCUT2D eigenvalue weighted by Gasteiger charge is 2.26. The summed E-state index contributed by atoms with van der Waals surface area (Å²) in [5.74, 6) is 3.84. The molecular weight excluding hydrogens is 1060 g/mol. The number of aromatic nitrogens is 6. The lowest BCUT2D eigenvalue weighted by Crippen LogP contribution is -2.06. The van der Waals surface area contributed by atoms with Crippen LogP contribution in [0.1, 0.15) is 0 Å². The molecule has 0 saturated carbocycles. The van der Waals surface area contributed by atoms with E-state index in [1.165, 1.54) is 97.2 Å². The molecule has 85 heavy (non-hydrogen) atoms. The fourth-order valence-corrected chi connectivity index (χ4v) is 13.7. The van der Waals surface area contributed by atoms with Gasteiger partial charge in [-0.1, -0.05) is 182 Å². The van der Waals surface area contributed by atoms with Crippen molar-refractivity contribution in [2.45, 2.75) is 0 Å². The number of H-pyrrole nitrogens is 1. The van der Waals surface area contributed by atoms with Crippen molar-refractivity contribution in [2.24, 2.45) is 0 Å². The Bertz CT molecular complexity index is 5910. The lowest BCUT2D eigenvalue weighted by molar-refractivity contribution is 0.486. The molecule has 4 aromatic heterocycles. The second-order valence-electron chi connectivity index (χ2n) is 21.8. The number of hydrogen-bond donors (Lipinski definition) is 1. The van der Waals surface area contributed by atoms with Crippen molar-refractivity contribution in [1.82, 2.24) is 29.5 Å². The van der Waals surface area contributed by atoms with Gasteiger partial charge < -0.3 is 14.5 Å². The summed E-state index contributed by atoms with van der Waals surface area (Å²) in [6.07, 6.45) is 0. The number of nitrogens with zero attached hydrogens (tertiary/aromatic N) is 5. The third-order valence-electron chi connectivity index (χ3n) is 17.2. The van der Waals surface area contributed by atoms with Gasteiger partial charge in [0.15, 0.2) is 0 Å². The van der Waals surface area contributed by atoms with Gasteiger partial charge in [-0.2, -0.15) is 0 Å². The summed E-state index contributed by atoms with van der Waals surface area (Å²) >= 11 is 5.98. The quantitative estimate of drug-likeness (QED) is 0.130. The van der Waals surface area contributed by atoms with Crippen LogP contribution in [0.4, 0.5) is 0 Å². The number of hydrogen-bond acceptors (Lipinski definition) is 6. The van der Waals surface area contributed by atoms with Crippen LogP contribution in [0, 0.1) is 0 Å². The number of nitrogens with one attached hydrogen (secondary N) is 1. The highest BCUT2D eigenvalue weighted by Crippen LogP contribution is 2.48. The first-order chi connectivity index (χ1) is 42.1. The minimum absolute atomic E-state index is 0.256. The molecule has 0 radical (unpaired) electrons. The molecule has 9 heteroatoms. The molecule has 2 aliphatic heterocycles. The smallest absolute Gasteiger partial charge is 0.235 e. The fourth-order valence-electron chi connectivity index (χ4n) is 13.5. The maximum atomic E-state index is 6.25. The van der Waals surface area contributed by atoms with Crippen LogP contribution in [0.25, 0.3) is 159 Å². The van der Waals surface area contributed by atoms with Crippen LogP contribution in [-0.2, 0) is 0 Å². The van der Waals surface area contributed by atoms with E-state index in [1.54, 1.807) is 0 Å². The van der Waals surface area contributed by atoms with Crippen LogP contribution in [0.3, 0.4) is 0 Å². The maximum absolute atomic E-state index is 6.25. The zero-order valence-electron chi connectivity index (χ0n) is 45.2. The normalized spacial score (nSPS) is 12.2. The largest absolute Gasteiger partial charge is 0.456 e. The Balaban J connectivity index is 0.000000107. The van der Waals surface area contributed by atoms with E-state index in [9.17, 15) is 0 Å². The van der Waals surface area contributed by atoms with Gasteiger partial charge in [0.2, 0.25) is 11.2 Å². The molecule has 18 aromatic rings. The number of benzene rings is 14. The lowest BCUT2D eigenvalue weighted by atomic mass is 9.94. The molecule has 8 nitrogen and oxygen atoms in total. The first-order valence-corrected chi connectivity index (χ1v) is 28.8. The molecule has 0 amide bonds. The molecule has 0 saturated heterocycles. The molecule has 0 fully saturated rings. The molecule has 20 rings (SSSR count). The molecule has 0 unspecified atom stereocenters. The molecule has 2 aliphatic rings. The summed E-state index contributed by atoms with van der Waals surface area (Å²) in [5, 5.41) is 22.6. The Labute approximate surface area is 489 Å². The van der Waals surface area contributed by atoms with E-state index >= 15 is 0 Å². The zero-order valence-corrected chi connectivity index (χ0v) is 45.9. The molecule has 14 aromatic carbocycles. The molecular formula is C76H43ClN6O2. The van der Waals surface area contributed by atoms with Gasteiger partial charge in [0.1, 0.15) is 23.0 Å². The minimum Gasteiger partial charge on any atom is -0.456 e. The van der Waals surface area contributed by atoms with Crippen molar-refractivity contribution < 1.29 is 9.47 Å². The van der Waals surface area contributed by atoms with E-state index in [0.717, 1.165) is 78.4 Å². The Morgan fingerprint density at radius 3 is 1.45 bits per heavy atom. The predicted molar refractivity (Wildman–Crippen MR) is 350 cm³/mol. The van der Waals surface area contributed by atoms with Gasteiger partial charge in [0, 0.05) is 43.7 Å². The molecule has 0 atom stereocenters. The minimum atomic E-state index is 0.256. The molecule has 0 bridgehead atoms. The van der Waals surface area contributed by atoms with Crippen molar-refractivity contribution in [2.75, 3.05) is 0 Å².